The number of fused-ring (bicyclic) bond motifs is 2. The molecule has 9 nitrogen and oxygen atoms in total. The van der Waals surface area contributed by atoms with E-state index in [1.807, 2.05) is 61.1 Å². The molecular formula is C28H30FN7O2. The Morgan fingerprint density at radius 1 is 1.11 bits per heavy atom. The van der Waals surface area contributed by atoms with E-state index in [1.54, 1.807) is 30.3 Å². The lowest BCUT2D eigenvalue weighted by atomic mass is 10.1. The van der Waals surface area contributed by atoms with Crippen LogP contribution in [0.3, 0.4) is 0 Å². The van der Waals surface area contributed by atoms with Crippen LogP contribution in [-0.4, -0.2) is 59.6 Å². The molecule has 196 valence electrons. The molecule has 0 fully saturated rings. The number of furan rings is 1. The third-order valence-corrected chi connectivity index (χ3v) is 6.35. The molecule has 0 atom stereocenters. The van der Waals surface area contributed by atoms with Crippen molar-refractivity contribution in [1.29, 1.82) is 0 Å². The van der Waals surface area contributed by atoms with Crippen molar-refractivity contribution in [2.45, 2.75) is 6.92 Å². The van der Waals surface area contributed by atoms with Crippen molar-refractivity contribution in [2.24, 2.45) is 7.05 Å². The van der Waals surface area contributed by atoms with Gasteiger partial charge in [0.15, 0.2) is 11.4 Å². The molecule has 5 aromatic rings. The summed E-state index contributed by atoms with van der Waals surface area (Å²) in [6.45, 7) is 2.71. The van der Waals surface area contributed by atoms with Gasteiger partial charge in [0, 0.05) is 68.5 Å². The van der Waals surface area contributed by atoms with E-state index in [0.29, 0.717) is 40.4 Å². The molecule has 0 bridgehead atoms. The highest BCUT2D eigenvalue weighted by atomic mass is 19.1. The summed E-state index contributed by atoms with van der Waals surface area (Å²) in [5, 5.41) is 6.92. The van der Waals surface area contributed by atoms with Crippen LogP contribution in [0.2, 0.25) is 0 Å². The minimum absolute atomic E-state index is 0.281. The zero-order valence-electron chi connectivity index (χ0n) is 22.0. The van der Waals surface area contributed by atoms with Crippen LogP contribution >= 0.6 is 0 Å². The first-order valence-electron chi connectivity index (χ1n) is 12.2. The SMILES string of the molecule is CC(=O)Nc1cc(Nc2nc(-c3cn(C)c4ccccc34)c3occc3n2)cc(F)c1N(C)CCN(C)C. The molecule has 0 aliphatic heterocycles. The van der Waals surface area contributed by atoms with Gasteiger partial charge in [0.2, 0.25) is 11.9 Å². The first kappa shape index (κ1) is 25.2. The summed E-state index contributed by atoms with van der Waals surface area (Å²) in [6, 6.07) is 12.9. The molecule has 5 rings (SSSR count). The van der Waals surface area contributed by atoms with E-state index in [0.717, 1.165) is 23.0 Å². The topological polar surface area (TPSA) is 91.5 Å². The van der Waals surface area contributed by atoms with Crippen LogP contribution in [0.5, 0.6) is 0 Å². The lowest BCUT2D eigenvalue weighted by Gasteiger charge is -2.25. The Hall–Kier alpha value is -4.44. The van der Waals surface area contributed by atoms with Gasteiger partial charge in [0.1, 0.15) is 11.2 Å². The van der Waals surface area contributed by atoms with Gasteiger partial charge in [-0.05, 0) is 32.3 Å². The highest BCUT2D eigenvalue weighted by Crippen LogP contribution is 2.36. The van der Waals surface area contributed by atoms with Gasteiger partial charge in [0.05, 0.1) is 17.6 Å². The fourth-order valence-corrected chi connectivity index (χ4v) is 4.57. The van der Waals surface area contributed by atoms with E-state index in [9.17, 15) is 4.79 Å². The van der Waals surface area contributed by atoms with Crippen molar-refractivity contribution in [3.05, 3.63) is 60.7 Å². The molecule has 1 amide bonds. The Balaban J connectivity index is 1.56. The third kappa shape index (κ3) is 4.90. The summed E-state index contributed by atoms with van der Waals surface area (Å²) < 4.78 is 23.2. The zero-order valence-corrected chi connectivity index (χ0v) is 22.0. The minimum atomic E-state index is -0.473. The van der Waals surface area contributed by atoms with Crippen molar-refractivity contribution < 1.29 is 13.6 Å². The fourth-order valence-electron chi connectivity index (χ4n) is 4.57. The van der Waals surface area contributed by atoms with Crippen molar-refractivity contribution in [2.75, 3.05) is 49.8 Å². The molecule has 0 aliphatic carbocycles. The van der Waals surface area contributed by atoms with Crippen LogP contribution in [0.25, 0.3) is 33.3 Å². The van der Waals surface area contributed by atoms with E-state index >= 15 is 4.39 Å². The maximum absolute atomic E-state index is 15.5. The normalized spacial score (nSPS) is 11.4. The van der Waals surface area contributed by atoms with Gasteiger partial charge in [-0.3, -0.25) is 4.79 Å². The number of carbonyl (C=O) groups is 1. The summed E-state index contributed by atoms with van der Waals surface area (Å²) in [7, 11) is 7.69. The summed E-state index contributed by atoms with van der Waals surface area (Å²) in [4.78, 5) is 25.1. The molecule has 0 saturated heterocycles. The number of likely N-dealkylation sites (N-methyl/N-ethyl adjacent to an activating group) is 2. The smallest absolute Gasteiger partial charge is 0.228 e. The maximum atomic E-state index is 15.5. The quantitative estimate of drug-likeness (QED) is 0.293. The molecule has 0 aliphatic rings. The second-order valence-corrected chi connectivity index (χ2v) is 9.59. The highest BCUT2D eigenvalue weighted by molar-refractivity contribution is 6.01. The Morgan fingerprint density at radius 3 is 2.66 bits per heavy atom. The predicted molar refractivity (Wildman–Crippen MR) is 150 cm³/mol. The Kier molecular flexibility index (Phi) is 6.73. The number of hydrogen-bond acceptors (Lipinski definition) is 7. The molecule has 0 spiro atoms. The predicted octanol–water partition coefficient (Wildman–Crippen LogP) is 5.22. The average molecular weight is 516 g/mol. The molecule has 3 aromatic heterocycles. The minimum Gasteiger partial charge on any atom is -0.460 e. The van der Waals surface area contributed by atoms with Gasteiger partial charge in [0.25, 0.3) is 0 Å². The summed E-state index contributed by atoms with van der Waals surface area (Å²) >= 11 is 0. The standard InChI is InChI=1S/C28H30FN7O2/c1-17(37)30-23-15-18(14-21(29)26(23)35(4)12-11-34(2)3)31-28-32-22-10-13-38-27(22)25(33-28)20-16-36(5)24-9-7-6-8-19(20)24/h6-10,13-16H,11-12H2,1-5H3,(H,30,37)(H,31,32,33). The van der Waals surface area contributed by atoms with Crippen LogP contribution in [0.1, 0.15) is 6.92 Å². The van der Waals surface area contributed by atoms with Crippen molar-refractivity contribution in [3.8, 4) is 11.3 Å². The van der Waals surface area contributed by atoms with E-state index < -0.39 is 5.82 Å². The number of carbonyl (C=O) groups excluding carboxylic acids is 1. The van der Waals surface area contributed by atoms with Crippen LogP contribution < -0.4 is 15.5 Å². The van der Waals surface area contributed by atoms with Gasteiger partial charge in [-0.25, -0.2) is 14.4 Å². The van der Waals surface area contributed by atoms with E-state index in [4.69, 9.17) is 9.40 Å². The van der Waals surface area contributed by atoms with Gasteiger partial charge >= 0.3 is 0 Å². The number of amides is 1. The molecule has 2 N–H and O–H groups in total. The molecule has 0 radical (unpaired) electrons. The monoisotopic (exact) mass is 515 g/mol. The number of nitrogens with zero attached hydrogens (tertiary/aromatic N) is 5. The largest absolute Gasteiger partial charge is 0.460 e. The molecule has 2 aromatic carbocycles. The second-order valence-electron chi connectivity index (χ2n) is 9.59. The van der Waals surface area contributed by atoms with Crippen molar-refractivity contribution >= 4 is 50.9 Å². The number of para-hydroxylation sites is 1. The average Bonchev–Trinajstić information content (AvgIpc) is 3.46. The highest BCUT2D eigenvalue weighted by Gasteiger charge is 2.20. The third-order valence-electron chi connectivity index (χ3n) is 6.35. The number of hydrogen-bond donors (Lipinski definition) is 2. The molecule has 0 unspecified atom stereocenters. The van der Waals surface area contributed by atoms with E-state index in [1.165, 1.54) is 13.0 Å². The van der Waals surface area contributed by atoms with Crippen molar-refractivity contribution in [3.63, 3.8) is 0 Å². The number of aryl methyl sites for hydroxylation is 1. The first-order chi connectivity index (χ1) is 18.2. The Morgan fingerprint density at radius 2 is 1.89 bits per heavy atom. The second kappa shape index (κ2) is 10.1. The van der Waals surface area contributed by atoms with Crippen molar-refractivity contribution in [1.82, 2.24) is 19.4 Å². The number of aromatic nitrogens is 3. The maximum Gasteiger partial charge on any atom is 0.228 e. The molecule has 0 saturated carbocycles. The van der Waals surface area contributed by atoms with E-state index in [-0.39, 0.29) is 11.9 Å². The Bertz CT molecular complexity index is 1640. The first-order valence-corrected chi connectivity index (χ1v) is 12.2. The lowest BCUT2D eigenvalue weighted by molar-refractivity contribution is -0.114. The molecular weight excluding hydrogens is 485 g/mol. The molecule has 3 heterocycles. The van der Waals surface area contributed by atoms with Crippen LogP contribution in [0.4, 0.5) is 27.4 Å². The van der Waals surface area contributed by atoms with Crippen LogP contribution in [-0.2, 0) is 11.8 Å². The number of rotatable bonds is 8. The summed E-state index contributed by atoms with van der Waals surface area (Å²) in [6.07, 6.45) is 3.58. The Labute approximate surface area is 219 Å². The van der Waals surface area contributed by atoms with E-state index in [2.05, 4.69) is 15.6 Å². The van der Waals surface area contributed by atoms with Gasteiger partial charge in [-0.2, -0.15) is 0 Å². The number of nitrogens with one attached hydrogen (secondary N) is 2. The number of anilines is 4. The van der Waals surface area contributed by atoms with Gasteiger partial charge < -0.3 is 29.4 Å². The molecule has 10 heteroatoms. The van der Waals surface area contributed by atoms with Crippen LogP contribution in [0, 0.1) is 5.82 Å². The summed E-state index contributed by atoms with van der Waals surface area (Å²) in [5.74, 6) is -0.486. The van der Waals surface area contributed by atoms with Gasteiger partial charge in [-0.15, -0.1) is 0 Å². The van der Waals surface area contributed by atoms with Crippen LogP contribution in [0.15, 0.2) is 59.3 Å². The lowest BCUT2D eigenvalue weighted by Crippen LogP contribution is -2.30. The summed E-state index contributed by atoms with van der Waals surface area (Å²) in [5.41, 5.74) is 4.85. The molecule has 38 heavy (non-hydrogen) atoms. The number of halogens is 1. The fraction of sp³-hybridized carbons (Fsp3) is 0.250. The number of benzene rings is 2. The van der Waals surface area contributed by atoms with Gasteiger partial charge in [-0.1, -0.05) is 18.2 Å². The zero-order chi connectivity index (χ0) is 27.0.